The van der Waals surface area contributed by atoms with Gasteiger partial charge < -0.3 is 20.3 Å². The molecule has 2 heterocycles. The predicted octanol–water partition coefficient (Wildman–Crippen LogP) is 3.15. The number of rotatable bonds is 5. The second-order valence-corrected chi connectivity index (χ2v) is 8.98. The maximum atomic E-state index is 12.5. The van der Waals surface area contributed by atoms with Crippen molar-refractivity contribution in [2.45, 2.75) is 39.2 Å². The van der Waals surface area contributed by atoms with Gasteiger partial charge in [-0.15, -0.1) is 0 Å². The van der Waals surface area contributed by atoms with Crippen LogP contribution in [0.15, 0.2) is 24.3 Å². The average molecular weight is 405 g/mol. The first kappa shape index (κ1) is 20.4. The van der Waals surface area contributed by atoms with E-state index in [0.717, 1.165) is 34.7 Å². The van der Waals surface area contributed by atoms with Crippen LogP contribution in [0, 0.1) is 5.92 Å². The van der Waals surface area contributed by atoms with E-state index in [1.807, 2.05) is 39.0 Å². The fraction of sp³-hybridized carbons (Fsp3) is 0.550. The Morgan fingerprint density at radius 3 is 2.75 bits per heavy atom. The maximum absolute atomic E-state index is 12.5. The van der Waals surface area contributed by atoms with Crippen LogP contribution in [0.4, 0.5) is 9.93 Å². The van der Waals surface area contributed by atoms with E-state index in [0.29, 0.717) is 19.6 Å². The second kappa shape index (κ2) is 8.77. The summed E-state index contributed by atoms with van der Waals surface area (Å²) in [5, 5.41) is 6.55. The third kappa shape index (κ3) is 5.58. The van der Waals surface area contributed by atoms with Gasteiger partial charge >= 0.3 is 6.09 Å². The molecule has 2 aromatic rings. The van der Waals surface area contributed by atoms with Gasteiger partial charge in [-0.25, -0.2) is 9.78 Å². The van der Waals surface area contributed by atoms with Crippen LogP contribution in [-0.2, 0) is 9.53 Å². The summed E-state index contributed by atoms with van der Waals surface area (Å²) in [6.45, 7) is 7.76. The smallest absolute Gasteiger partial charge is 0.407 e. The van der Waals surface area contributed by atoms with Crippen molar-refractivity contribution < 1.29 is 14.3 Å². The minimum atomic E-state index is -0.528. The standard InChI is InChI=1S/C20H28N4O3S/c1-20(2,3)27-19(26)22-11-10-21-17(25)14-7-6-12-24(13-14)18-23-15-8-4-5-9-16(15)28-18/h4-5,8-9,14H,6-7,10-13H2,1-3H3,(H,21,25)(H,22,26). The highest BCUT2D eigenvalue weighted by molar-refractivity contribution is 7.22. The Morgan fingerprint density at radius 1 is 1.25 bits per heavy atom. The minimum absolute atomic E-state index is 0.0248. The van der Waals surface area contributed by atoms with Crippen LogP contribution in [0.5, 0.6) is 0 Å². The Labute approximate surface area is 169 Å². The Balaban J connectivity index is 1.46. The molecule has 1 fully saturated rings. The number of hydrogen-bond acceptors (Lipinski definition) is 6. The lowest BCUT2D eigenvalue weighted by Gasteiger charge is -2.31. The number of carbonyl (C=O) groups is 2. The average Bonchev–Trinajstić information content (AvgIpc) is 3.08. The SMILES string of the molecule is CC(C)(C)OC(=O)NCCNC(=O)C1CCCN(c2nc3ccccc3s2)C1. The van der Waals surface area contributed by atoms with Crippen LogP contribution in [0.2, 0.25) is 0 Å². The van der Waals surface area contributed by atoms with Gasteiger partial charge in [0.25, 0.3) is 0 Å². The van der Waals surface area contributed by atoms with Gasteiger partial charge in [-0.05, 0) is 45.7 Å². The van der Waals surface area contributed by atoms with Gasteiger partial charge in [0.15, 0.2) is 5.13 Å². The Morgan fingerprint density at radius 2 is 2.00 bits per heavy atom. The predicted molar refractivity (Wildman–Crippen MR) is 112 cm³/mol. The van der Waals surface area contributed by atoms with E-state index in [2.05, 4.69) is 21.6 Å². The van der Waals surface area contributed by atoms with Crippen LogP contribution in [0.3, 0.4) is 0 Å². The van der Waals surface area contributed by atoms with Gasteiger partial charge in [-0.3, -0.25) is 4.79 Å². The van der Waals surface area contributed by atoms with E-state index in [-0.39, 0.29) is 11.8 Å². The third-order valence-electron chi connectivity index (χ3n) is 4.44. The number of aromatic nitrogens is 1. The zero-order valence-corrected chi connectivity index (χ0v) is 17.5. The van der Waals surface area contributed by atoms with Crippen LogP contribution < -0.4 is 15.5 Å². The normalized spacial score (nSPS) is 17.4. The number of hydrogen-bond donors (Lipinski definition) is 2. The number of benzene rings is 1. The highest BCUT2D eigenvalue weighted by atomic mass is 32.1. The molecule has 8 heteroatoms. The largest absolute Gasteiger partial charge is 0.444 e. The summed E-state index contributed by atoms with van der Waals surface area (Å²) in [6.07, 6.45) is 1.36. The van der Waals surface area contributed by atoms with Crippen LogP contribution in [0.25, 0.3) is 10.2 Å². The number of thiazole rings is 1. The molecule has 152 valence electrons. The van der Waals surface area contributed by atoms with Gasteiger partial charge in [-0.1, -0.05) is 23.5 Å². The van der Waals surface area contributed by atoms with Gasteiger partial charge in [0.05, 0.1) is 16.1 Å². The summed E-state index contributed by atoms with van der Waals surface area (Å²) < 4.78 is 6.34. The fourth-order valence-electron chi connectivity index (χ4n) is 3.17. The van der Waals surface area contributed by atoms with Gasteiger partial charge in [0.2, 0.25) is 5.91 Å². The van der Waals surface area contributed by atoms with E-state index in [1.54, 1.807) is 11.3 Å². The number of anilines is 1. The second-order valence-electron chi connectivity index (χ2n) is 7.97. The number of fused-ring (bicyclic) bond motifs is 1. The van der Waals surface area contributed by atoms with Crippen molar-refractivity contribution in [1.29, 1.82) is 0 Å². The first-order valence-corrected chi connectivity index (χ1v) is 10.5. The van der Waals surface area contributed by atoms with E-state index < -0.39 is 11.7 Å². The van der Waals surface area contributed by atoms with Crippen molar-refractivity contribution in [3.05, 3.63) is 24.3 Å². The highest BCUT2D eigenvalue weighted by Gasteiger charge is 2.27. The van der Waals surface area contributed by atoms with E-state index in [1.165, 1.54) is 0 Å². The molecule has 1 aliphatic heterocycles. The monoisotopic (exact) mass is 404 g/mol. The molecule has 1 atom stereocenters. The van der Waals surface area contributed by atoms with Crippen molar-refractivity contribution in [1.82, 2.24) is 15.6 Å². The zero-order chi connectivity index (χ0) is 20.1. The lowest BCUT2D eigenvalue weighted by atomic mass is 9.97. The number of para-hydroxylation sites is 1. The molecule has 0 aliphatic carbocycles. The first-order chi connectivity index (χ1) is 13.3. The quantitative estimate of drug-likeness (QED) is 0.748. The number of nitrogens with one attached hydrogen (secondary N) is 2. The van der Waals surface area contributed by atoms with Crippen molar-refractivity contribution in [3.63, 3.8) is 0 Å². The number of piperidine rings is 1. The molecule has 0 spiro atoms. The van der Waals surface area contributed by atoms with Crippen molar-refractivity contribution in [3.8, 4) is 0 Å². The molecule has 2 N–H and O–H groups in total. The summed E-state index contributed by atoms with van der Waals surface area (Å²) in [6, 6.07) is 8.09. The van der Waals surface area contributed by atoms with Crippen molar-refractivity contribution in [2.75, 3.05) is 31.1 Å². The number of amides is 2. The topological polar surface area (TPSA) is 83.6 Å². The summed E-state index contributed by atoms with van der Waals surface area (Å²) >= 11 is 1.67. The molecular weight excluding hydrogens is 376 g/mol. The molecule has 1 unspecified atom stereocenters. The van der Waals surface area contributed by atoms with Gasteiger partial charge in [0.1, 0.15) is 5.60 Å². The molecule has 0 saturated carbocycles. The first-order valence-electron chi connectivity index (χ1n) is 9.67. The summed E-state index contributed by atoms with van der Waals surface area (Å²) in [4.78, 5) is 31.1. The molecule has 2 amide bonds. The van der Waals surface area contributed by atoms with Crippen LogP contribution in [-0.4, -0.2) is 48.8 Å². The number of ether oxygens (including phenoxy) is 1. The molecule has 1 aliphatic rings. The minimum Gasteiger partial charge on any atom is -0.444 e. The lowest BCUT2D eigenvalue weighted by Crippen LogP contribution is -2.45. The van der Waals surface area contributed by atoms with Gasteiger partial charge in [-0.2, -0.15) is 0 Å². The molecule has 3 rings (SSSR count). The molecular formula is C20H28N4O3S. The van der Waals surface area contributed by atoms with Crippen LogP contribution in [0.1, 0.15) is 33.6 Å². The van der Waals surface area contributed by atoms with Gasteiger partial charge in [0, 0.05) is 26.2 Å². The Bertz CT molecular complexity index is 797. The Kier molecular flexibility index (Phi) is 6.39. The number of nitrogens with zero attached hydrogens (tertiary/aromatic N) is 2. The molecule has 28 heavy (non-hydrogen) atoms. The van der Waals surface area contributed by atoms with E-state index in [4.69, 9.17) is 9.72 Å². The Hall–Kier alpha value is -2.35. The number of alkyl carbamates (subject to hydrolysis) is 1. The highest BCUT2D eigenvalue weighted by Crippen LogP contribution is 2.31. The molecule has 1 saturated heterocycles. The lowest BCUT2D eigenvalue weighted by molar-refractivity contribution is -0.125. The molecule has 1 aromatic carbocycles. The molecule has 0 bridgehead atoms. The molecule has 0 radical (unpaired) electrons. The van der Waals surface area contributed by atoms with Crippen molar-refractivity contribution in [2.24, 2.45) is 5.92 Å². The third-order valence-corrected chi connectivity index (χ3v) is 5.53. The molecule has 7 nitrogen and oxygen atoms in total. The summed E-state index contributed by atoms with van der Waals surface area (Å²) in [5.41, 5.74) is 0.474. The molecule has 1 aromatic heterocycles. The number of carbonyl (C=O) groups excluding carboxylic acids is 2. The fourth-order valence-corrected chi connectivity index (χ4v) is 4.17. The zero-order valence-electron chi connectivity index (χ0n) is 16.7. The van der Waals surface area contributed by atoms with E-state index in [9.17, 15) is 9.59 Å². The van der Waals surface area contributed by atoms with Crippen LogP contribution >= 0.6 is 11.3 Å². The van der Waals surface area contributed by atoms with E-state index >= 15 is 0 Å². The maximum Gasteiger partial charge on any atom is 0.407 e. The summed E-state index contributed by atoms with van der Waals surface area (Å²) in [5.74, 6) is -0.0425. The van der Waals surface area contributed by atoms with Crippen molar-refractivity contribution >= 4 is 38.7 Å². The summed E-state index contributed by atoms with van der Waals surface area (Å²) in [7, 11) is 0.